The topological polar surface area (TPSA) is 69.6 Å². The van der Waals surface area contributed by atoms with E-state index in [4.69, 9.17) is 24.2 Å². The fourth-order valence-electron chi connectivity index (χ4n) is 3.11. The Morgan fingerprint density at radius 2 is 2.07 bits per heavy atom. The number of hydrogen-bond donors (Lipinski definition) is 0. The summed E-state index contributed by atoms with van der Waals surface area (Å²) in [7, 11) is 1.59. The van der Waals surface area contributed by atoms with E-state index in [2.05, 4.69) is 16.5 Å². The monoisotopic (exact) mass is 378 g/mol. The number of anilines is 1. The predicted molar refractivity (Wildman–Crippen MR) is 108 cm³/mol. The Bertz CT molecular complexity index is 987. The Morgan fingerprint density at radius 1 is 1.21 bits per heavy atom. The molecule has 0 saturated carbocycles. The van der Waals surface area contributed by atoms with E-state index < -0.39 is 0 Å². The third kappa shape index (κ3) is 3.81. The van der Waals surface area contributed by atoms with Crippen LogP contribution in [0.3, 0.4) is 0 Å². The molecule has 0 atom stereocenters. The molecule has 0 amide bonds. The molecule has 0 unspecified atom stereocenters. The standard InChI is InChI=1S/C21H22N4O3/c1-3-15-11-18-19(22-13-15)21(25-7-9-27-10-8-25)24-20(23-18)16-5-4-6-17(12-16)28-14-26-2/h3-6,11-13H,1,7-10,14H2,2H3. The largest absolute Gasteiger partial charge is 0.468 e. The molecule has 2 aromatic heterocycles. The minimum atomic E-state index is 0.188. The van der Waals surface area contributed by atoms with Crippen molar-refractivity contribution in [2.75, 3.05) is 45.1 Å². The highest BCUT2D eigenvalue weighted by atomic mass is 16.7. The van der Waals surface area contributed by atoms with Crippen molar-refractivity contribution in [1.29, 1.82) is 0 Å². The summed E-state index contributed by atoms with van der Waals surface area (Å²) >= 11 is 0. The van der Waals surface area contributed by atoms with Crippen LogP contribution in [0, 0.1) is 0 Å². The zero-order chi connectivity index (χ0) is 19.3. The zero-order valence-corrected chi connectivity index (χ0v) is 15.8. The average Bonchev–Trinajstić information content (AvgIpc) is 2.77. The Kier molecular flexibility index (Phi) is 5.45. The first-order chi connectivity index (χ1) is 13.8. The normalized spacial score (nSPS) is 14.2. The number of methoxy groups -OCH3 is 1. The molecule has 144 valence electrons. The fourth-order valence-corrected chi connectivity index (χ4v) is 3.11. The molecule has 7 nitrogen and oxygen atoms in total. The van der Waals surface area contributed by atoms with Gasteiger partial charge in [0.1, 0.15) is 11.3 Å². The summed E-state index contributed by atoms with van der Waals surface area (Å²) in [6, 6.07) is 9.66. The Balaban J connectivity index is 1.82. The minimum Gasteiger partial charge on any atom is -0.468 e. The van der Waals surface area contributed by atoms with E-state index in [9.17, 15) is 0 Å². The second-order valence-corrected chi connectivity index (χ2v) is 6.39. The lowest BCUT2D eigenvalue weighted by atomic mass is 10.2. The third-order valence-corrected chi connectivity index (χ3v) is 4.52. The molecule has 4 rings (SSSR count). The molecule has 1 saturated heterocycles. The molecule has 3 heterocycles. The van der Waals surface area contributed by atoms with Gasteiger partial charge >= 0.3 is 0 Å². The first kappa shape index (κ1) is 18.3. The number of morpholine rings is 1. The van der Waals surface area contributed by atoms with Gasteiger partial charge in [-0.05, 0) is 23.8 Å². The van der Waals surface area contributed by atoms with E-state index in [0.29, 0.717) is 24.8 Å². The van der Waals surface area contributed by atoms with Gasteiger partial charge in [0.25, 0.3) is 0 Å². The molecule has 1 aliphatic heterocycles. The number of hydrogen-bond acceptors (Lipinski definition) is 7. The van der Waals surface area contributed by atoms with Crippen LogP contribution in [-0.2, 0) is 9.47 Å². The molecule has 0 spiro atoms. The predicted octanol–water partition coefficient (Wildman–Crippen LogP) is 3.15. The maximum absolute atomic E-state index is 5.56. The molecular formula is C21H22N4O3. The van der Waals surface area contributed by atoms with Crippen LogP contribution in [0.4, 0.5) is 5.82 Å². The summed E-state index contributed by atoms with van der Waals surface area (Å²) in [5.74, 6) is 2.15. The summed E-state index contributed by atoms with van der Waals surface area (Å²) in [6.07, 6.45) is 3.56. The maximum Gasteiger partial charge on any atom is 0.188 e. The lowest BCUT2D eigenvalue weighted by molar-refractivity contribution is 0.0511. The van der Waals surface area contributed by atoms with E-state index in [1.807, 2.05) is 30.3 Å². The van der Waals surface area contributed by atoms with Gasteiger partial charge < -0.3 is 19.1 Å². The van der Waals surface area contributed by atoms with Crippen molar-refractivity contribution >= 4 is 22.9 Å². The molecule has 1 fully saturated rings. The molecule has 1 aliphatic rings. The van der Waals surface area contributed by atoms with Gasteiger partial charge in [0, 0.05) is 32.0 Å². The van der Waals surface area contributed by atoms with Crippen molar-refractivity contribution in [1.82, 2.24) is 15.0 Å². The van der Waals surface area contributed by atoms with E-state index in [0.717, 1.165) is 41.1 Å². The third-order valence-electron chi connectivity index (χ3n) is 4.52. The summed E-state index contributed by atoms with van der Waals surface area (Å²) in [5.41, 5.74) is 3.35. The zero-order valence-electron chi connectivity index (χ0n) is 15.8. The fraction of sp³-hybridized carbons (Fsp3) is 0.286. The molecule has 7 heteroatoms. The number of nitrogens with zero attached hydrogens (tertiary/aromatic N) is 4. The molecule has 0 N–H and O–H groups in total. The molecule has 0 bridgehead atoms. The maximum atomic E-state index is 5.56. The number of pyridine rings is 1. The second-order valence-electron chi connectivity index (χ2n) is 6.39. The highest BCUT2D eigenvalue weighted by Crippen LogP contribution is 2.29. The van der Waals surface area contributed by atoms with Crippen molar-refractivity contribution in [2.24, 2.45) is 0 Å². The van der Waals surface area contributed by atoms with Crippen LogP contribution in [0.15, 0.2) is 43.1 Å². The minimum absolute atomic E-state index is 0.188. The molecule has 28 heavy (non-hydrogen) atoms. The van der Waals surface area contributed by atoms with E-state index in [1.54, 1.807) is 19.4 Å². The van der Waals surface area contributed by atoms with Crippen molar-refractivity contribution in [3.05, 3.63) is 48.7 Å². The lowest BCUT2D eigenvalue weighted by Gasteiger charge is -2.28. The second kappa shape index (κ2) is 8.33. The Morgan fingerprint density at radius 3 is 2.86 bits per heavy atom. The first-order valence-corrected chi connectivity index (χ1v) is 9.13. The van der Waals surface area contributed by atoms with Crippen molar-refractivity contribution < 1.29 is 14.2 Å². The van der Waals surface area contributed by atoms with Crippen LogP contribution in [0.25, 0.3) is 28.5 Å². The van der Waals surface area contributed by atoms with Crippen LogP contribution in [0.5, 0.6) is 5.75 Å². The summed E-state index contributed by atoms with van der Waals surface area (Å²) in [4.78, 5) is 16.4. The summed E-state index contributed by atoms with van der Waals surface area (Å²) in [6.45, 7) is 6.91. The van der Waals surface area contributed by atoms with Gasteiger partial charge in [-0.1, -0.05) is 24.8 Å². The molecular weight excluding hydrogens is 356 g/mol. The smallest absolute Gasteiger partial charge is 0.188 e. The SMILES string of the molecule is C=Cc1cnc2c(N3CCOCC3)nc(-c3cccc(OCOC)c3)nc2c1. The highest BCUT2D eigenvalue weighted by molar-refractivity contribution is 5.88. The molecule has 0 aliphatic carbocycles. The van der Waals surface area contributed by atoms with Gasteiger partial charge in [0.05, 0.1) is 18.7 Å². The van der Waals surface area contributed by atoms with Crippen LogP contribution >= 0.6 is 0 Å². The lowest BCUT2D eigenvalue weighted by Crippen LogP contribution is -2.37. The first-order valence-electron chi connectivity index (χ1n) is 9.13. The molecule has 3 aromatic rings. The van der Waals surface area contributed by atoms with Gasteiger partial charge in [-0.3, -0.25) is 4.98 Å². The van der Waals surface area contributed by atoms with Crippen molar-refractivity contribution in [3.8, 4) is 17.1 Å². The Hall–Kier alpha value is -3.03. The summed E-state index contributed by atoms with van der Waals surface area (Å²) < 4.78 is 16.0. The Labute approximate surface area is 163 Å². The number of fused-ring (bicyclic) bond motifs is 1. The molecule has 1 aromatic carbocycles. The van der Waals surface area contributed by atoms with Gasteiger partial charge in [0.2, 0.25) is 0 Å². The van der Waals surface area contributed by atoms with Gasteiger partial charge in [-0.25, -0.2) is 9.97 Å². The number of ether oxygens (including phenoxy) is 3. The highest BCUT2D eigenvalue weighted by Gasteiger charge is 2.19. The van der Waals surface area contributed by atoms with Crippen molar-refractivity contribution in [2.45, 2.75) is 0 Å². The number of aromatic nitrogens is 3. The number of benzene rings is 1. The van der Waals surface area contributed by atoms with E-state index in [-0.39, 0.29) is 6.79 Å². The van der Waals surface area contributed by atoms with E-state index in [1.165, 1.54) is 0 Å². The van der Waals surface area contributed by atoms with Gasteiger partial charge in [-0.15, -0.1) is 0 Å². The van der Waals surface area contributed by atoms with Crippen LogP contribution < -0.4 is 9.64 Å². The summed E-state index contributed by atoms with van der Waals surface area (Å²) in [5, 5.41) is 0. The van der Waals surface area contributed by atoms with Gasteiger partial charge in [-0.2, -0.15) is 0 Å². The van der Waals surface area contributed by atoms with Crippen molar-refractivity contribution in [3.63, 3.8) is 0 Å². The van der Waals surface area contributed by atoms with Gasteiger partial charge in [0.15, 0.2) is 18.4 Å². The van der Waals surface area contributed by atoms with E-state index >= 15 is 0 Å². The van der Waals surface area contributed by atoms with Crippen LogP contribution in [-0.4, -0.2) is 55.2 Å². The van der Waals surface area contributed by atoms with Crippen LogP contribution in [0.2, 0.25) is 0 Å². The quantitative estimate of drug-likeness (QED) is 0.610. The van der Waals surface area contributed by atoms with Crippen LogP contribution in [0.1, 0.15) is 5.56 Å². The average molecular weight is 378 g/mol. The molecule has 0 radical (unpaired) electrons. The number of rotatable bonds is 6.